The van der Waals surface area contributed by atoms with Gasteiger partial charge in [-0.3, -0.25) is 0 Å². The van der Waals surface area contributed by atoms with Crippen molar-refractivity contribution in [1.82, 2.24) is 0 Å². The summed E-state index contributed by atoms with van der Waals surface area (Å²) in [6.07, 6.45) is -16.3. The van der Waals surface area contributed by atoms with Gasteiger partial charge in [-0.05, 0) is 5.56 Å². The number of phenols is 1. The first-order valence-electron chi connectivity index (χ1n) is 12.7. The highest BCUT2D eigenvalue weighted by molar-refractivity contribution is 5.98. The van der Waals surface area contributed by atoms with Crippen molar-refractivity contribution in [2.24, 2.45) is 0 Å². The van der Waals surface area contributed by atoms with Gasteiger partial charge in [-0.15, -0.1) is 0 Å². The summed E-state index contributed by atoms with van der Waals surface area (Å²) >= 11 is 0. The van der Waals surface area contributed by atoms with Crippen LogP contribution in [-0.4, -0.2) is 115 Å². The van der Waals surface area contributed by atoms with Crippen molar-refractivity contribution in [1.29, 1.82) is 0 Å². The van der Waals surface area contributed by atoms with E-state index in [9.17, 15) is 45.6 Å². The number of fused-ring (bicyclic) bond motifs is 1. The lowest BCUT2D eigenvalue weighted by Crippen LogP contribution is -2.65. The van der Waals surface area contributed by atoms with Gasteiger partial charge < -0.3 is 64.2 Å². The Morgan fingerprint density at radius 2 is 1.41 bits per heavy atom. The first kappa shape index (κ1) is 29.3. The highest BCUT2D eigenvalue weighted by Crippen LogP contribution is 2.38. The highest BCUT2D eigenvalue weighted by Gasteiger charge is 2.51. The third kappa shape index (κ3) is 5.67. The molecule has 8 N–H and O–H groups in total. The molecule has 1 aromatic heterocycles. The van der Waals surface area contributed by atoms with E-state index < -0.39 is 80.3 Å². The topological polar surface area (TPSA) is 229 Å². The molecule has 14 nitrogen and oxygen atoms in total. The predicted octanol–water partition coefficient (Wildman–Crippen LogP) is -1.83. The average Bonchev–Trinajstić information content (AvgIpc) is 2.96. The fourth-order valence-electron chi connectivity index (χ4n) is 4.96. The maximum absolute atomic E-state index is 12.3. The monoisotopic (exact) mass is 578 g/mol. The summed E-state index contributed by atoms with van der Waals surface area (Å²) in [5.74, 6) is -0.418. The van der Waals surface area contributed by atoms with Gasteiger partial charge in [-0.25, -0.2) is 4.79 Å². The van der Waals surface area contributed by atoms with Gasteiger partial charge >= 0.3 is 5.63 Å². The fraction of sp³-hybridized carbons (Fsp3) is 0.444. The lowest BCUT2D eigenvalue weighted by atomic mass is 9.97. The summed E-state index contributed by atoms with van der Waals surface area (Å²) in [6.45, 7) is -1.48. The smallest absolute Gasteiger partial charge is 0.336 e. The molecule has 5 rings (SSSR count). The van der Waals surface area contributed by atoms with E-state index in [1.807, 2.05) is 0 Å². The minimum Gasteiger partial charge on any atom is -0.507 e. The van der Waals surface area contributed by atoms with Gasteiger partial charge in [0.15, 0.2) is 6.29 Å². The lowest BCUT2D eigenvalue weighted by molar-refractivity contribution is -0.352. The van der Waals surface area contributed by atoms with E-state index in [0.717, 1.165) is 0 Å². The zero-order valence-corrected chi connectivity index (χ0v) is 21.3. The Balaban J connectivity index is 1.37. The van der Waals surface area contributed by atoms with E-state index in [2.05, 4.69) is 0 Å². The molecule has 0 bridgehead atoms. The van der Waals surface area contributed by atoms with E-state index in [1.54, 1.807) is 30.3 Å². The van der Waals surface area contributed by atoms with Crippen LogP contribution in [0.5, 0.6) is 11.5 Å². The molecule has 3 heterocycles. The van der Waals surface area contributed by atoms with E-state index in [4.69, 9.17) is 23.4 Å². The molecule has 0 radical (unpaired) electrons. The fourth-order valence-corrected chi connectivity index (χ4v) is 4.96. The van der Waals surface area contributed by atoms with Gasteiger partial charge in [0, 0.05) is 23.8 Å². The minimum absolute atomic E-state index is 0.0280. The molecule has 41 heavy (non-hydrogen) atoms. The van der Waals surface area contributed by atoms with E-state index in [0.29, 0.717) is 11.1 Å². The second-order valence-corrected chi connectivity index (χ2v) is 9.78. The number of ether oxygens (including phenoxy) is 4. The number of aromatic hydroxyl groups is 1. The van der Waals surface area contributed by atoms with Crippen LogP contribution in [0.2, 0.25) is 0 Å². The third-order valence-corrected chi connectivity index (χ3v) is 7.09. The molecule has 2 saturated heterocycles. The Labute approximate surface area is 231 Å². The summed E-state index contributed by atoms with van der Waals surface area (Å²) in [5.41, 5.74) is 0.351. The molecule has 10 atom stereocenters. The second-order valence-electron chi connectivity index (χ2n) is 9.78. The number of rotatable bonds is 7. The molecule has 2 aliphatic rings. The Morgan fingerprint density at radius 3 is 2.10 bits per heavy atom. The molecule has 2 aromatic carbocycles. The highest BCUT2D eigenvalue weighted by atomic mass is 16.7. The van der Waals surface area contributed by atoms with E-state index in [-0.39, 0.29) is 22.5 Å². The van der Waals surface area contributed by atoms with Gasteiger partial charge in [0.25, 0.3) is 0 Å². The van der Waals surface area contributed by atoms with Gasteiger partial charge in [0.1, 0.15) is 65.9 Å². The van der Waals surface area contributed by atoms with Crippen molar-refractivity contribution in [2.75, 3.05) is 13.2 Å². The number of phenolic OH excluding ortho intramolecular Hbond substituents is 1. The maximum atomic E-state index is 12.3. The lowest BCUT2D eigenvalue weighted by Gasteiger charge is -2.45. The van der Waals surface area contributed by atoms with Crippen molar-refractivity contribution >= 4 is 11.0 Å². The second kappa shape index (κ2) is 12.0. The van der Waals surface area contributed by atoms with Crippen LogP contribution < -0.4 is 10.4 Å². The van der Waals surface area contributed by atoms with Crippen molar-refractivity contribution in [2.45, 2.75) is 61.4 Å². The van der Waals surface area contributed by atoms with Gasteiger partial charge in [0.05, 0.1) is 18.6 Å². The van der Waals surface area contributed by atoms with Crippen LogP contribution in [-0.2, 0) is 14.2 Å². The molecule has 0 amide bonds. The van der Waals surface area contributed by atoms with Crippen LogP contribution in [0.1, 0.15) is 0 Å². The molecule has 0 aliphatic carbocycles. The van der Waals surface area contributed by atoms with E-state index in [1.165, 1.54) is 18.2 Å². The van der Waals surface area contributed by atoms with Gasteiger partial charge in [-0.1, -0.05) is 30.3 Å². The van der Waals surface area contributed by atoms with Crippen LogP contribution in [0, 0.1) is 0 Å². The van der Waals surface area contributed by atoms with Crippen molar-refractivity contribution in [3.63, 3.8) is 0 Å². The number of aliphatic hydroxyl groups excluding tert-OH is 7. The van der Waals surface area contributed by atoms with Gasteiger partial charge in [0.2, 0.25) is 6.29 Å². The first-order valence-corrected chi connectivity index (χ1v) is 12.7. The molecular formula is C27H30O14. The number of benzene rings is 2. The van der Waals surface area contributed by atoms with Gasteiger partial charge in [-0.2, -0.15) is 0 Å². The zero-order chi connectivity index (χ0) is 29.4. The molecule has 14 heteroatoms. The molecule has 3 aromatic rings. The Hall–Kier alpha value is -3.15. The Kier molecular flexibility index (Phi) is 8.58. The average molecular weight is 579 g/mol. The van der Waals surface area contributed by atoms with Crippen LogP contribution in [0.3, 0.4) is 0 Å². The Morgan fingerprint density at radius 1 is 0.756 bits per heavy atom. The van der Waals surface area contributed by atoms with Crippen molar-refractivity contribution in [3.8, 4) is 22.6 Å². The maximum Gasteiger partial charge on any atom is 0.336 e. The zero-order valence-electron chi connectivity index (χ0n) is 21.3. The summed E-state index contributed by atoms with van der Waals surface area (Å²) < 4.78 is 27.3. The standard InChI is InChI=1S/C27H30O14/c28-9-16-20(32)21(33)23(35)27(39-16)41-25-17(10-29)40-26(24(36)22(25)34)37-12-6-14(30)19-13(11-4-2-1-3-5-11)8-18(31)38-15(19)7-12/h1-8,16-17,20-30,32-36H,9-10H2/t16-,17-,20-,21+,22-,23-,24-,25+,26-,27+/m1/s1. The molecular weight excluding hydrogens is 548 g/mol. The quantitative estimate of drug-likeness (QED) is 0.144. The number of hydrogen-bond acceptors (Lipinski definition) is 14. The summed E-state index contributed by atoms with van der Waals surface area (Å²) in [6, 6.07) is 12.6. The molecule has 222 valence electrons. The van der Waals surface area contributed by atoms with Crippen LogP contribution in [0.4, 0.5) is 0 Å². The number of aliphatic hydroxyl groups is 7. The van der Waals surface area contributed by atoms with Crippen LogP contribution >= 0.6 is 0 Å². The Bertz CT molecular complexity index is 1390. The van der Waals surface area contributed by atoms with Crippen LogP contribution in [0.15, 0.2) is 57.7 Å². The minimum atomic E-state index is -1.81. The van der Waals surface area contributed by atoms with Crippen LogP contribution in [0.25, 0.3) is 22.1 Å². The normalized spacial score (nSPS) is 34.0. The van der Waals surface area contributed by atoms with Crippen molar-refractivity contribution in [3.05, 3.63) is 59.0 Å². The number of hydrogen-bond donors (Lipinski definition) is 8. The molecule has 2 fully saturated rings. The third-order valence-electron chi connectivity index (χ3n) is 7.09. The van der Waals surface area contributed by atoms with E-state index >= 15 is 0 Å². The summed E-state index contributed by atoms with van der Waals surface area (Å²) in [7, 11) is 0. The summed E-state index contributed by atoms with van der Waals surface area (Å²) in [5, 5.41) is 82.2. The molecule has 2 aliphatic heterocycles. The summed E-state index contributed by atoms with van der Waals surface area (Å²) in [4.78, 5) is 12.3. The predicted molar refractivity (Wildman–Crippen MR) is 137 cm³/mol. The first-order chi connectivity index (χ1) is 19.6. The molecule has 0 saturated carbocycles. The molecule has 0 spiro atoms. The molecule has 0 unspecified atom stereocenters. The largest absolute Gasteiger partial charge is 0.507 e. The SMILES string of the molecule is O=c1cc(-c2ccccc2)c2c(O)cc(O[C@@H]3O[C@H](CO)[C@H](O[C@@H]4O[C@H](CO)[C@@H](O)[C@H](O)[C@H]4O)[C@H](O)[C@H]3O)cc2o1. The van der Waals surface area contributed by atoms with Crippen molar-refractivity contribution < 1.29 is 64.2 Å².